The van der Waals surface area contributed by atoms with Crippen molar-refractivity contribution in [2.45, 2.75) is 45.0 Å². The largest absolute Gasteiger partial charge is 0.417 e. The van der Waals surface area contributed by atoms with Crippen LogP contribution in [0.15, 0.2) is 36.4 Å². The van der Waals surface area contributed by atoms with Gasteiger partial charge in [-0.3, -0.25) is 9.59 Å². The van der Waals surface area contributed by atoms with Gasteiger partial charge < -0.3 is 10.0 Å². The van der Waals surface area contributed by atoms with Gasteiger partial charge in [-0.1, -0.05) is 34.9 Å². The Balaban J connectivity index is 1.96. The molecule has 2 aromatic carbocycles. The average Bonchev–Trinajstić information content (AvgIpc) is 2.65. The first-order valence-electron chi connectivity index (χ1n) is 9.43. The maximum Gasteiger partial charge on any atom is 0.417 e. The van der Waals surface area contributed by atoms with E-state index in [1.165, 1.54) is 11.0 Å². The van der Waals surface area contributed by atoms with E-state index < -0.39 is 28.9 Å². The Morgan fingerprint density at radius 3 is 2.40 bits per heavy atom. The molecule has 1 N–H and O–H groups in total. The van der Waals surface area contributed by atoms with Crippen molar-refractivity contribution in [2.24, 2.45) is 0 Å². The standard InChI is InChI=1S/C22H21ClF3NO3/c1-12-7-13(2)9-15(8-12)21(30)27-6-5-16(28)11-19(27)20(29)14-3-4-18(23)17(10-14)22(24,25)26/h3-4,7-10,19-20,29H,5-6,11H2,1-2H3/t19-,20+/m1/s1. The molecule has 1 aliphatic heterocycles. The molecule has 4 nitrogen and oxygen atoms in total. The van der Waals surface area contributed by atoms with Gasteiger partial charge in [-0.15, -0.1) is 0 Å². The minimum Gasteiger partial charge on any atom is -0.386 e. The van der Waals surface area contributed by atoms with E-state index in [-0.39, 0.29) is 36.6 Å². The molecule has 8 heteroatoms. The van der Waals surface area contributed by atoms with Gasteiger partial charge in [0.05, 0.1) is 22.7 Å². The van der Waals surface area contributed by atoms with E-state index in [1.807, 2.05) is 19.9 Å². The minimum absolute atomic E-state index is 0.0513. The maximum absolute atomic E-state index is 13.2. The zero-order valence-corrected chi connectivity index (χ0v) is 17.2. The predicted octanol–water partition coefficient (Wildman–Crippen LogP) is 4.88. The molecule has 0 aromatic heterocycles. The molecule has 30 heavy (non-hydrogen) atoms. The number of piperidine rings is 1. The van der Waals surface area contributed by atoms with Crippen LogP contribution in [0.4, 0.5) is 13.2 Å². The van der Waals surface area contributed by atoms with Gasteiger partial charge in [0, 0.05) is 24.9 Å². The molecule has 1 fully saturated rings. The molecule has 1 heterocycles. The summed E-state index contributed by atoms with van der Waals surface area (Å²) in [7, 11) is 0. The Morgan fingerprint density at radius 1 is 1.17 bits per heavy atom. The van der Waals surface area contributed by atoms with Crippen molar-refractivity contribution in [3.63, 3.8) is 0 Å². The molecule has 2 atom stereocenters. The van der Waals surface area contributed by atoms with Gasteiger partial charge in [-0.25, -0.2) is 0 Å². The highest BCUT2D eigenvalue weighted by molar-refractivity contribution is 6.31. The van der Waals surface area contributed by atoms with E-state index in [9.17, 15) is 27.9 Å². The SMILES string of the molecule is Cc1cc(C)cc(C(=O)N2CCC(=O)C[C@@H]2[C@@H](O)c2ccc(Cl)c(C(F)(F)F)c2)c1. The number of alkyl halides is 3. The number of aliphatic hydroxyl groups excluding tert-OH is 1. The first-order valence-corrected chi connectivity index (χ1v) is 9.81. The van der Waals surface area contributed by atoms with Crippen molar-refractivity contribution in [1.29, 1.82) is 0 Å². The van der Waals surface area contributed by atoms with Gasteiger partial charge in [0.15, 0.2) is 0 Å². The zero-order valence-electron chi connectivity index (χ0n) is 16.5. The number of carbonyl (C=O) groups excluding carboxylic acids is 2. The molecule has 1 aliphatic rings. The van der Waals surface area contributed by atoms with Crippen molar-refractivity contribution in [3.8, 4) is 0 Å². The van der Waals surface area contributed by atoms with E-state index in [2.05, 4.69) is 0 Å². The molecule has 160 valence electrons. The third-order valence-electron chi connectivity index (χ3n) is 5.20. The zero-order chi connectivity index (χ0) is 22.2. The number of ketones is 1. The van der Waals surface area contributed by atoms with Crippen LogP contribution in [-0.4, -0.2) is 34.3 Å². The fourth-order valence-electron chi connectivity index (χ4n) is 3.82. The molecule has 3 rings (SSSR count). The number of hydrogen-bond acceptors (Lipinski definition) is 3. The van der Waals surface area contributed by atoms with Crippen molar-refractivity contribution >= 4 is 23.3 Å². The third-order valence-corrected chi connectivity index (χ3v) is 5.53. The average molecular weight is 440 g/mol. The Kier molecular flexibility index (Phi) is 6.24. The first kappa shape index (κ1) is 22.3. The molecule has 1 saturated heterocycles. The van der Waals surface area contributed by atoms with Crippen molar-refractivity contribution in [1.82, 2.24) is 4.90 Å². The number of likely N-dealkylation sites (tertiary alicyclic amines) is 1. The summed E-state index contributed by atoms with van der Waals surface area (Å²) in [5.41, 5.74) is 1.05. The number of hydrogen-bond donors (Lipinski definition) is 1. The fourth-order valence-corrected chi connectivity index (χ4v) is 4.05. The topological polar surface area (TPSA) is 57.6 Å². The van der Waals surface area contributed by atoms with Crippen molar-refractivity contribution in [2.75, 3.05) is 6.54 Å². The summed E-state index contributed by atoms with van der Waals surface area (Å²) in [5.74, 6) is -0.531. The lowest BCUT2D eigenvalue weighted by Gasteiger charge is -2.38. The van der Waals surface area contributed by atoms with Crippen LogP contribution in [0.5, 0.6) is 0 Å². The minimum atomic E-state index is -4.69. The molecule has 1 amide bonds. The summed E-state index contributed by atoms with van der Waals surface area (Å²) < 4.78 is 39.6. The Hall–Kier alpha value is -2.38. The lowest BCUT2D eigenvalue weighted by Crippen LogP contribution is -2.49. The molecule has 2 aromatic rings. The lowest BCUT2D eigenvalue weighted by atomic mass is 9.90. The molecule has 0 radical (unpaired) electrons. The number of aliphatic hydroxyl groups is 1. The number of aryl methyl sites for hydroxylation is 2. The van der Waals surface area contributed by atoms with Crippen LogP contribution in [0.25, 0.3) is 0 Å². The van der Waals surface area contributed by atoms with E-state index in [4.69, 9.17) is 11.6 Å². The molecule has 0 unspecified atom stereocenters. The number of halogens is 4. The number of rotatable bonds is 3. The van der Waals surface area contributed by atoms with Gasteiger partial charge >= 0.3 is 6.18 Å². The van der Waals surface area contributed by atoms with E-state index in [0.29, 0.717) is 5.56 Å². The van der Waals surface area contributed by atoms with Crippen LogP contribution in [0.3, 0.4) is 0 Å². The molecular formula is C22H21ClF3NO3. The van der Waals surface area contributed by atoms with E-state index in [1.54, 1.807) is 12.1 Å². The summed E-state index contributed by atoms with van der Waals surface area (Å²) in [5, 5.41) is 10.4. The van der Waals surface area contributed by atoms with Gasteiger partial charge in [0.1, 0.15) is 5.78 Å². The predicted molar refractivity (Wildman–Crippen MR) is 106 cm³/mol. The molecular weight excluding hydrogens is 419 g/mol. The van der Waals surface area contributed by atoms with E-state index in [0.717, 1.165) is 23.3 Å². The van der Waals surface area contributed by atoms with Gasteiger partial charge in [-0.2, -0.15) is 13.2 Å². The number of Topliss-reactive ketones (excluding diaryl/α,β-unsaturated/α-hetero) is 1. The lowest BCUT2D eigenvalue weighted by molar-refractivity contribution is -0.137. The maximum atomic E-state index is 13.2. The first-order chi connectivity index (χ1) is 14.0. The Bertz CT molecular complexity index is 970. The highest BCUT2D eigenvalue weighted by Crippen LogP contribution is 2.38. The Morgan fingerprint density at radius 2 is 1.80 bits per heavy atom. The molecule has 0 bridgehead atoms. The molecule has 0 saturated carbocycles. The summed E-state index contributed by atoms with van der Waals surface area (Å²) >= 11 is 5.66. The van der Waals surface area contributed by atoms with Gasteiger partial charge in [0.2, 0.25) is 0 Å². The third kappa shape index (κ3) is 4.68. The van der Waals surface area contributed by atoms with Crippen molar-refractivity contribution in [3.05, 3.63) is 69.2 Å². The summed E-state index contributed by atoms with van der Waals surface area (Å²) in [6.07, 6.45) is -6.16. The summed E-state index contributed by atoms with van der Waals surface area (Å²) in [6.45, 7) is 3.79. The summed E-state index contributed by atoms with van der Waals surface area (Å²) in [6, 6.07) is 7.46. The number of benzene rings is 2. The van der Waals surface area contributed by atoms with Gasteiger partial charge in [-0.05, 0) is 43.7 Å². The highest BCUT2D eigenvalue weighted by Gasteiger charge is 2.38. The quantitative estimate of drug-likeness (QED) is 0.741. The normalized spacial score (nSPS) is 18.4. The van der Waals surface area contributed by atoms with Crippen LogP contribution in [-0.2, 0) is 11.0 Å². The van der Waals surface area contributed by atoms with E-state index >= 15 is 0 Å². The fraction of sp³-hybridized carbons (Fsp3) is 0.364. The number of nitrogens with zero attached hydrogens (tertiary/aromatic N) is 1. The second-order valence-corrected chi connectivity index (χ2v) is 8.02. The van der Waals surface area contributed by atoms with Crippen molar-refractivity contribution < 1.29 is 27.9 Å². The molecule has 0 aliphatic carbocycles. The summed E-state index contributed by atoms with van der Waals surface area (Å²) in [4.78, 5) is 26.6. The Labute approximate surface area is 177 Å². The number of carbonyl (C=O) groups is 2. The second kappa shape index (κ2) is 8.40. The monoisotopic (exact) mass is 439 g/mol. The highest BCUT2D eigenvalue weighted by atomic mass is 35.5. The van der Waals surface area contributed by atoms with Crippen LogP contribution in [0, 0.1) is 13.8 Å². The van der Waals surface area contributed by atoms with Gasteiger partial charge in [0.25, 0.3) is 5.91 Å². The van der Waals surface area contributed by atoms with Crippen LogP contribution < -0.4 is 0 Å². The smallest absolute Gasteiger partial charge is 0.386 e. The second-order valence-electron chi connectivity index (χ2n) is 7.62. The van der Waals surface area contributed by atoms with Crippen LogP contribution in [0.2, 0.25) is 5.02 Å². The molecule has 0 spiro atoms. The number of amides is 1. The van der Waals surface area contributed by atoms with Crippen LogP contribution >= 0.6 is 11.6 Å². The van der Waals surface area contributed by atoms with Crippen LogP contribution in [0.1, 0.15) is 51.6 Å².